The van der Waals surface area contributed by atoms with E-state index in [0.29, 0.717) is 21.4 Å². The molecule has 3 aromatic carbocycles. The van der Waals surface area contributed by atoms with Crippen LogP contribution in [0.2, 0.25) is 0 Å². The van der Waals surface area contributed by atoms with Gasteiger partial charge in [0.15, 0.2) is 46.5 Å². The van der Waals surface area contributed by atoms with Crippen molar-refractivity contribution < 1.29 is 48.3 Å². The molecule has 37 heavy (non-hydrogen) atoms. The van der Waals surface area contributed by atoms with Crippen molar-refractivity contribution in [1.29, 1.82) is 0 Å². The summed E-state index contributed by atoms with van der Waals surface area (Å²) in [5.41, 5.74) is -5.78. The van der Waals surface area contributed by atoms with Gasteiger partial charge in [0.2, 0.25) is 0 Å². The van der Waals surface area contributed by atoms with E-state index in [0.717, 1.165) is 24.3 Å². The van der Waals surface area contributed by atoms with Gasteiger partial charge < -0.3 is 0 Å². The Bertz CT molecular complexity index is 1650. The van der Waals surface area contributed by atoms with Crippen LogP contribution in [0.4, 0.5) is 48.3 Å². The quantitative estimate of drug-likeness (QED) is 0.147. The minimum Gasteiger partial charge on any atom is -0.203 e. The van der Waals surface area contributed by atoms with E-state index in [2.05, 4.69) is 0 Å². The molecule has 192 valence electrons. The molecule has 0 aliphatic heterocycles. The number of hydrogen-bond donors (Lipinski definition) is 0. The third-order valence-electron chi connectivity index (χ3n) is 5.68. The van der Waals surface area contributed by atoms with Crippen molar-refractivity contribution in [3.8, 4) is 20.9 Å². The zero-order valence-corrected chi connectivity index (χ0v) is 19.4. The Hall–Kier alpha value is -3.19. The maximum absolute atomic E-state index is 14.5. The molecule has 0 saturated heterocycles. The first kappa shape index (κ1) is 25.5. The second kappa shape index (κ2) is 8.42. The maximum atomic E-state index is 14.5. The number of alkyl halides is 3. The molecule has 0 radical (unpaired) electrons. The summed E-state index contributed by atoms with van der Waals surface area (Å²) in [6, 6.07) is 5.04. The molecule has 0 saturated carbocycles. The molecule has 0 aliphatic rings. The van der Waals surface area contributed by atoms with Crippen molar-refractivity contribution in [2.24, 2.45) is 0 Å². The number of benzene rings is 3. The summed E-state index contributed by atoms with van der Waals surface area (Å²) in [6.07, 6.45) is -5.68. The van der Waals surface area contributed by atoms with Crippen LogP contribution in [0.5, 0.6) is 0 Å². The Morgan fingerprint density at radius 2 is 0.865 bits per heavy atom. The van der Waals surface area contributed by atoms with E-state index < -0.39 is 79.8 Å². The molecule has 5 aromatic rings. The highest BCUT2D eigenvalue weighted by atomic mass is 32.1. The summed E-state index contributed by atoms with van der Waals surface area (Å²) >= 11 is 1.32. The summed E-state index contributed by atoms with van der Waals surface area (Å²) < 4.78 is 153. The topological polar surface area (TPSA) is 0 Å². The molecule has 0 amide bonds. The highest BCUT2D eigenvalue weighted by Crippen LogP contribution is 2.45. The van der Waals surface area contributed by atoms with Gasteiger partial charge in [0.25, 0.3) is 0 Å². The first-order chi connectivity index (χ1) is 17.2. The fraction of sp³-hybridized carbons (Fsp3) is 0.0833. The normalized spacial score (nSPS) is 12.3. The number of thiophene rings is 2. The van der Waals surface area contributed by atoms with Gasteiger partial charge in [0.1, 0.15) is 5.56 Å². The minimum atomic E-state index is -5.68. The number of fused-ring (bicyclic) bond motifs is 2. The van der Waals surface area contributed by atoms with E-state index in [1.165, 1.54) is 18.2 Å². The fourth-order valence-electron chi connectivity index (χ4n) is 3.87. The van der Waals surface area contributed by atoms with Crippen LogP contribution in [0.25, 0.3) is 41.1 Å². The summed E-state index contributed by atoms with van der Waals surface area (Å²) in [7, 11) is 0. The molecule has 0 unspecified atom stereocenters. The van der Waals surface area contributed by atoms with Crippen LogP contribution < -0.4 is 0 Å². The predicted octanol–water partition coefficient (Wildman–Crippen LogP) is 9.89. The van der Waals surface area contributed by atoms with Gasteiger partial charge in [-0.15, -0.1) is 22.7 Å². The Morgan fingerprint density at radius 1 is 0.514 bits per heavy atom. The summed E-state index contributed by atoms with van der Waals surface area (Å²) in [5, 5.41) is 0.523. The van der Waals surface area contributed by atoms with Crippen molar-refractivity contribution in [1.82, 2.24) is 0 Å². The van der Waals surface area contributed by atoms with Gasteiger partial charge in [-0.2, -0.15) is 13.2 Å². The van der Waals surface area contributed by atoms with Crippen LogP contribution in [-0.2, 0) is 6.18 Å². The first-order valence-corrected chi connectivity index (χ1v) is 11.6. The predicted molar refractivity (Wildman–Crippen MR) is 117 cm³/mol. The van der Waals surface area contributed by atoms with Gasteiger partial charge in [-0.1, -0.05) is 0 Å². The molecule has 5 rings (SSSR count). The summed E-state index contributed by atoms with van der Waals surface area (Å²) in [5.74, 6) is -15.9. The SMILES string of the molecule is Cc1c(F)c(F)c(-c2cc3cc4sc(-c5c(F)c(F)c(C(F)(F)F)c(F)c5F)cc4cc3s2)c(F)c1F. The number of rotatable bonds is 2. The Balaban J connectivity index is 1.67. The standard InChI is InChI=1S/C24H7F11S2/c1-6-16(25)18(27)13(19(28)17(6)26)11-4-7-2-10-8(3-9(7)36-11)5-12(37-10)14-20(29)22(31)15(24(33,34)35)23(32)21(14)30/h2-5H,1H3. The molecule has 2 aromatic heterocycles. The monoisotopic (exact) mass is 568 g/mol. The summed E-state index contributed by atoms with van der Waals surface area (Å²) in [6.45, 7) is 0.872. The molecule has 0 spiro atoms. The molecule has 0 N–H and O–H groups in total. The van der Waals surface area contributed by atoms with Crippen molar-refractivity contribution in [2.75, 3.05) is 0 Å². The lowest BCUT2D eigenvalue weighted by Crippen LogP contribution is -2.15. The minimum absolute atomic E-state index is 0.162. The number of halogens is 11. The third-order valence-corrected chi connectivity index (χ3v) is 7.91. The van der Waals surface area contributed by atoms with Gasteiger partial charge in [0.05, 0.1) is 11.1 Å². The van der Waals surface area contributed by atoms with E-state index >= 15 is 0 Å². The van der Waals surface area contributed by atoms with Crippen LogP contribution in [0, 0.1) is 53.5 Å². The molecule has 0 fully saturated rings. The molecule has 0 atom stereocenters. The van der Waals surface area contributed by atoms with E-state index in [4.69, 9.17) is 0 Å². The van der Waals surface area contributed by atoms with Crippen LogP contribution in [0.1, 0.15) is 11.1 Å². The zero-order chi connectivity index (χ0) is 27.1. The van der Waals surface area contributed by atoms with Gasteiger partial charge >= 0.3 is 6.18 Å². The average molecular weight is 568 g/mol. The highest BCUT2D eigenvalue weighted by molar-refractivity contribution is 7.23. The molecular formula is C24H7F11S2. The zero-order valence-electron chi connectivity index (χ0n) is 17.8. The lowest BCUT2D eigenvalue weighted by atomic mass is 10.1. The van der Waals surface area contributed by atoms with Crippen molar-refractivity contribution in [2.45, 2.75) is 13.1 Å². The van der Waals surface area contributed by atoms with Crippen molar-refractivity contribution in [3.05, 3.63) is 81.9 Å². The smallest absolute Gasteiger partial charge is 0.203 e. The van der Waals surface area contributed by atoms with Crippen molar-refractivity contribution >= 4 is 42.8 Å². The van der Waals surface area contributed by atoms with Crippen LogP contribution in [0.3, 0.4) is 0 Å². The molecule has 2 heterocycles. The largest absolute Gasteiger partial charge is 0.422 e. The summed E-state index contributed by atoms with van der Waals surface area (Å²) in [4.78, 5) is -0.584. The Morgan fingerprint density at radius 3 is 1.22 bits per heavy atom. The molecule has 0 bridgehead atoms. The second-order valence-corrected chi connectivity index (χ2v) is 10.1. The molecule has 0 nitrogen and oxygen atoms in total. The molecule has 13 heteroatoms. The fourth-order valence-corrected chi connectivity index (χ4v) is 6.12. The van der Waals surface area contributed by atoms with Gasteiger partial charge in [-0.25, -0.2) is 35.1 Å². The van der Waals surface area contributed by atoms with E-state index in [-0.39, 0.29) is 15.0 Å². The van der Waals surface area contributed by atoms with Gasteiger partial charge in [-0.05, 0) is 42.0 Å². The Labute approximate surface area is 207 Å². The van der Waals surface area contributed by atoms with E-state index in [9.17, 15) is 48.3 Å². The Kier molecular flexibility index (Phi) is 5.79. The van der Waals surface area contributed by atoms with Crippen LogP contribution in [0.15, 0.2) is 24.3 Å². The van der Waals surface area contributed by atoms with Crippen LogP contribution >= 0.6 is 22.7 Å². The van der Waals surface area contributed by atoms with E-state index in [1.54, 1.807) is 0 Å². The van der Waals surface area contributed by atoms with Crippen LogP contribution in [-0.4, -0.2) is 0 Å². The number of hydrogen-bond acceptors (Lipinski definition) is 2. The van der Waals surface area contributed by atoms with E-state index in [1.807, 2.05) is 0 Å². The average Bonchev–Trinajstić information content (AvgIpc) is 3.40. The maximum Gasteiger partial charge on any atom is 0.422 e. The lowest BCUT2D eigenvalue weighted by Gasteiger charge is -2.13. The first-order valence-electron chi connectivity index (χ1n) is 9.95. The van der Waals surface area contributed by atoms with Gasteiger partial charge in [-0.3, -0.25) is 0 Å². The highest BCUT2D eigenvalue weighted by Gasteiger charge is 2.42. The second-order valence-electron chi connectivity index (χ2n) is 7.91. The third kappa shape index (κ3) is 3.78. The van der Waals surface area contributed by atoms with Gasteiger partial charge in [0, 0.05) is 24.7 Å². The molecule has 0 aliphatic carbocycles. The van der Waals surface area contributed by atoms with Crippen molar-refractivity contribution in [3.63, 3.8) is 0 Å². The lowest BCUT2D eigenvalue weighted by molar-refractivity contribution is -0.143. The molecular weight excluding hydrogens is 561 g/mol.